The SMILES string of the molecule is CC(=O)OCC12C(=O)CC(C)C3(CC(c4ccoc4)OC3=O)C1(C)CCCC21CO1.CCC(C)CCC1(C)C(C)CCC2(C)C(C)C(=O)C(=O)CC12. The Balaban J connectivity index is 0.000000188. The van der Waals surface area contributed by atoms with Crippen molar-refractivity contribution in [3.63, 3.8) is 0 Å². The van der Waals surface area contributed by atoms with Crippen LogP contribution in [-0.4, -0.2) is 48.1 Å². The summed E-state index contributed by atoms with van der Waals surface area (Å²) >= 11 is 0. The van der Waals surface area contributed by atoms with Gasteiger partial charge in [0.05, 0.1) is 24.5 Å². The second kappa shape index (κ2) is 13.5. The molecule has 7 rings (SSSR count). The van der Waals surface area contributed by atoms with Gasteiger partial charge in [0, 0.05) is 43.1 Å². The molecule has 1 aromatic rings. The van der Waals surface area contributed by atoms with Gasteiger partial charge in [-0.3, -0.25) is 24.0 Å². The zero-order chi connectivity index (χ0) is 38.1. The molecule has 288 valence electrons. The second-order valence-electron chi connectivity index (χ2n) is 18.6. The standard InChI is InChI=1S/C23H28O7.C20H34O2/c1-14-9-18(25)23(13-28-15(2)24)20(3,6-4-7-21(23)12-29-21)22(14)10-17(30-19(22)26)16-5-8-27-11-16;1-7-13(2)8-10-19(5)14(3)9-11-20(6)15(4)18(22)16(21)12-17(19)20/h5,8,11,14,17H,4,6-7,9-10,12-13H2,1-3H3;13-15,17H,7-12H2,1-6H3. The van der Waals surface area contributed by atoms with Gasteiger partial charge in [0.25, 0.3) is 0 Å². The predicted octanol–water partition coefficient (Wildman–Crippen LogP) is 8.42. The maximum absolute atomic E-state index is 13.8. The maximum Gasteiger partial charge on any atom is 0.313 e. The lowest BCUT2D eigenvalue weighted by molar-refractivity contribution is -0.216. The van der Waals surface area contributed by atoms with Crippen molar-refractivity contribution < 1.29 is 42.6 Å². The number of rotatable bonds is 7. The van der Waals surface area contributed by atoms with E-state index in [2.05, 4.69) is 34.6 Å². The van der Waals surface area contributed by atoms with Crippen LogP contribution in [0.5, 0.6) is 0 Å². The van der Waals surface area contributed by atoms with Crippen molar-refractivity contribution >= 4 is 29.3 Å². The van der Waals surface area contributed by atoms with Crippen LogP contribution < -0.4 is 0 Å². The minimum absolute atomic E-state index is 0.0156. The number of ether oxygens (including phenoxy) is 3. The summed E-state index contributed by atoms with van der Waals surface area (Å²) in [6, 6.07) is 1.82. The molecule has 9 nitrogen and oxygen atoms in total. The van der Waals surface area contributed by atoms with Gasteiger partial charge in [0.1, 0.15) is 29.5 Å². The van der Waals surface area contributed by atoms with Crippen LogP contribution in [0.25, 0.3) is 0 Å². The molecule has 3 heterocycles. The van der Waals surface area contributed by atoms with E-state index in [-0.39, 0.29) is 59.0 Å². The second-order valence-corrected chi connectivity index (χ2v) is 18.6. The van der Waals surface area contributed by atoms with Crippen LogP contribution in [0.4, 0.5) is 0 Å². The Bertz CT molecular complexity index is 1580. The molecule has 1 aromatic heterocycles. The van der Waals surface area contributed by atoms with Crippen molar-refractivity contribution in [3.05, 3.63) is 24.2 Å². The predicted molar refractivity (Wildman–Crippen MR) is 194 cm³/mol. The molecule has 2 aliphatic heterocycles. The average Bonchev–Trinajstić information content (AvgIpc) is 3.48. The first-order valence-electron chi connectivity index (χ1n) is 20.0. The Morgan fingerprint density at radius 3 is 2.35 bits per heavy atom. The van der Waals surface area contributed by atoms with E-state index in [1.165, 1.54) is 32.6 Å². The first kappa shape index (κ1) is 38.9. The molecular formula is C43H62O9. The van der Waals surface area contributed by atoms with Crippen LogP contribution in [0.3, 0.4) is 0 Å². The van der Waals surface area contributed by atoms with Crippen LogP contribution in [-0.2, 0) is 38.2 Å². The smallest absolute Gasteiger partial charge is 0.313 e. The lowest BCUT2D eigenvalue weighted by atomic mass is 9.36. The number of cyclic esters (lactones) is 1. The molecule has 6 fully saturated rings. The highest BCUT2D eigenvalue weighted by Crippen LogP contribution is 2.75. The maximum atomic E-state index is 13.8. The summed E-state index contributed by atoms with van der Waals surface area (Å²) in [6.45, 7) is 19.4. The molecule has 0 bridgehead atoms. The van der Waals surface area contributed by atoms with E-state index in [0.717, 1.165) is 30.7 Å². The Hall–Kier alpha value is -2.81. The third kappa shape index (κ3) is 5.51. The minimum Gasteiger partial charge on any atom is -0.472 e. The summed E-state index contributed by atoms with van der Waals surface area (Å²) in [5.74, 6) is 0.594. The summed E-state index contributed by atoms with van der Waals surface area (Å²) in [7, 11) is 0. The summed E-state index contributed by atoms with van der Waals surface area (Å²) in [5.41, 5.74) is -2.26. The molecule has 2 spiro atoms. The average molecular weight is 723 g/mol. The number of ketones is 3. The molecule has 0 radical (unpaired) electrons. The van der Waals surface area contributed by atoms with E-state index in [1.54, 1.807) is 12.5 Å². The fourth-order valence-corrected chi connectivity index (χ4v) is 12.3. The summed E-state index contributed by atoms with van der Waals surface area (Å²) in [4.78, 5) is 63.6. The Morgan fingerprint density at radius 1 is 1.02 bits per heavy atom. The van der Waals surface area contributed by atoms with E-state index in [1.807, 2.05) is 26.8 Å². The Kier molecular flexibility index (Phi) is 10.1. The Morgan fingerprint density at radius 2 is 1.73 bits per heavy atom. The van der Waals surface area contributed by atoms with Crippen molar-refractivity contribution in [2.24, 2.45) is 56.7 Å². The van der Waals surface area contributed by atoms with E-state index in [0.29, 0.717) is 37.7 Å². The quantitative estimate of drug-likeness (QED) is 0.155. The van der Waals surface area contributed by atoms with Crippen LogP contribution in [0.1, 0.15) is 145 Å². The molecular weight excluding hydrogens is 660 g/mol. The number of fused-ring (bicyclic) bond motifs is 4. The van der Waals surface area contributed by atoms with Gasteiger partial charge in [-0.1, -0.05) is 68.2 Å². The van der Waals surface area contributed by atoms with Gasteiger partial charge in [-0.15, -0.1) is 0 Å². The lowest BCUT2D eigenvalue weighted by Gasteiger charge is -2.64. The first-order valence-corrected chi connectivity index (χ1v) is 20.0. The number of hydrogen-bond acceptors (Lipinski definition) is 9. The van der Waals surface area contributed by atoms with Gasteiger partial charge in [0.2, 0.25) is 5.78 Å². The number of Topliss-reactive ketones (excluding diaryl/α,β-unsaturated/α-hetero) is 3. The van der Waals surface area contributed by atoms with Gasteiger partial charge in [-0.05, 0) is 79.1 Å². The molecule has 52 heavy (non-hydrogen) atoms. The molecule has 9 heteroatoms. The van der Waals surface area contributed by atoms with Gasteiger partial charge in [-0.2, -0.15) is 0 Å². The van der Waals surface area contributed by atoms with Crippen LogP contribution in [0.2, 0.25) is 0 Å². The van der Waals surface area contributed by atoms with Crippen molar-refractivity contribution in [3.8, 4) is 0 Å². The molecule has 4 saturated carbocycles. The van der Waals surface area contributed by atoms with E-state index in [4.69, 9.17) is 18.6 Å². The van der Waals surface area contributed by atoms with Crippen molar-refractivity contribution in [1.82, 2.24) is 0 Å². The highest BCUT2D eigenvalue weighted by molar-refractivity contribution is 6.38. The normalized spacial score (nSPS) is 44.4. The third-order valence-electron chi connectivity index (χ3n) is 16.5. The van der Waals surface area contributed by atoms with Crippen LogP contribution in [0, 0.1) is 56.7 Å². The van der Waals surface area contributed by atoms with Gasteiger partial charge in [-0.25, -0.2) is 0 Å². The third-order valence-corrected chi connectivity index (χ3v) is 16.5. The molecule has 12 atom stereocenters. The molecule has 2 saturated heterocycles. The molecule has 6 aliphatic rings. The lowest BCUT2D eigenvalue weighted by Crippen LogP contribution is -2.72. The number of epoxide rings is 1. The van der Waals surface area contributed by atoms with E-state index < -0.39 is 33.9 Å². The largest absolute Gasteiger partial charge is 0.472 e. The van der Waals surface area contributed by atoms with Crippen LogP contribution >= 0.6 is 0 Å². The molecule has 12 unspecified atom stereocenters. The Labute approximate surface area is 310 Å². The molecule has 0 N–H and O–H groups in total. The van der Waals surface area contributed by atoms with Gasteiger partial charge in [0.15, 0.2) is 5.78 Å². The number of carbonyl (C=O) groups excluding carboxylic acids is 5. The van der Waals surface area contributed by atoms with Crippen molar-refractivity contribution in [2.75, 3.05) is 13.2 Å². The zero-order valence-electron chi connectivity index (χ0n) is 33.1. The first-order chi connectivity index (χ1) is 24.4. The van der Waals surface area contributed by atoms with Crippen LogP contribution in [0.15, 0.2) is 23.0 Å². The minimum atomic E-state index is -1.04. The summed E-state index contributed by atoms with van der Waals surface area (Å²) in [5, 5.41) is 0. The van der Waals surface area contributed by atoms with Gasteiger partial charge >= 0.3 is 11.9 Å². The number of carbonyl (C=O) groups is 5. The van der Waals surface area contributed by atoms with Crippen molar-refractivity contribution in [2.45, 2.75) is 145 Å². The molecule has 0 aromatic carbocycles. The number of hydrogen-bond donors (Lipinski definition) is 0. The summed E-state index contributed by atoms with van der Waals surface area (Å²) in [6.07, 6.45) is 12.2. The monoisotopic (exact) mass is 722 g/mol. The topological polar surface area (TPSA) is 129 Å². The number of furan rings is 1. The molecule has 4 aliphatic carbocycles. The highest BCUT2D eigenvalue weighted by Gasteiger charge is 2.82. The fraction of sp³-hybridized carbons (Fsp3) is 0.791. The highest BCUT2D eigenvalue weighted by atomic mass is 16.6. The zero-order valence-corrected chi connectivity index (χ0v) is 33.1. The van der Waals surface area contributed by atoms with Gasteiger partial charge < -0.3 is 18.6 Å². The molecule has 0 amide bonds. The summed E-state index contributed by atoms with van der Waals surface area (Å²) < 4.78 is 22.6. The van der Waals surface area contributed by atoms with E-state index in [9.17, 15) is 24.0 Å². The fourth-order valence-electron chi connectivity index (χ4n) is 12.3. The number of esters is 2. The van der Waals surface area contributed by atoms with Crippen molar-refractivity contribution in [1.29, 1.82) is 0 Å². The van der Waals surface area contributed by atoms with E-state index >= 15 is 0 Å².